The molecule has 3 rings (SSSR count). The highest BCUT2D eigenvalue weighted by Gasteiger charge is 2.34. The fourth-order valence-electron chi connectivity index (χ4n) is 2.82. The molecule has 1 aliphatic heterocycles. The predicted octanol–water partition coefficient (Wildman–Crippen LogP) is 2.98. The van der Waals surface area contributed by atoms with E-state index in [1.165, 1.54) is 0 Å². The lowest BCUT2D eigenvalue weighted by Crippen LogP contribution is -2.20. The van der Waals surface area contributed by atoms with Crippen LogP contribution in [-0.4, -0.2) is 16.3 Å². The van der Waals surface area contributed by atoms with Crippen LogP contribution in [0, 0.1) is 0 Å². The zero-order valence-electron chi connectivity index (χ0n) is 9.20. The molecule has 0 bridgehead atoms. The number of benzene rings is 1. The summed E-state index contributed by atoms with van der Waals surface area (Å²) in [4.78, 5) is 12.5. The molecule has 1 aromatic rings. The van der Waals surface area contributed by atoms with E-state index in [9.17, 15) is 4.79 Å². The summed E-state index contributed by atoms with van der Waals surface area (Å²) >= 11 is 11.5. The van der Waals surface area contributed by atoms with Crippen molar-refractivity contribution in [1.29, 1.82) is 0 Å². The molecule has 1 heterocycles. The van der Waals surface area contributed by atoms with E-state index in [0.717, 1.165) is 36.0 Å². The maximum absolute atomic E-state index is 11.9. The van der Waals surface area contributed by atoms with Crippen LogP contribution < -0.4 is 5.32 Å². The van der Waals surface area contributed by atoms with E-state index in [-0.39, 0.29) is 11.3 Å². The zero-order valence-corrected chi connectivity index (χ0v) is 10.8. The summed E-state index contributed by atoms with van der Waals surface area (Å²) in [6.07, 6.45) is 3.22. The highest BCUT2D eigenvalue weighted by molar-refractivity contribution is 7.80. The summed E-state index contributed by atoms with van der Waals surface area (Å²) in [5.74, 6) is 0.217. The molecule has 1 N–H and O–H groups in total. The third-order valence-corrected chi connectivity index (χ3v) is 4.47. The van der Waals surface area contributed by atoms with Crippen LogP contribution in [0.3, 0.4) is 0 Å². The molecule has 2 nitrogen and oxygen atoms in total. The molecule has 0 aromatic heterocycles. The number of alkyl halides is 1. The van der Waals surface area contributed by atoms with Crippen LogP contribution in [0.2, 0.25) is 0 Å². The number of halogens is 1. The first-order valence-corrected chi connectivity index (χ1v) is 6.65. The van der Waals surface area contributed by atoms with Gasteiger partial charge in [-0.15, -0.1) is 11.6 Å². The minimum atomic E-state index is -0.0728. The Hall–Kier alpha value is -0.930. The van der Waals surface area contributed by atoms with Crippen molar-refractivity contribution in [2.75, 3.05) is 0 Å². The number of nitrogens with one attached hydrogen (secondary N) is 1. The number of rotatable bonds is 1. The normalized spacial score (nSPS) is 27.1. The summed E-state index contributed by atoms with van der Waals surface area (Å²) < 4.78 is 0. The minimum absolute atomic E-state index is 0.0728. The molecule has 88 valence electrons. The average Bonchev–Trinajstić information content (AvgIpc) is 2.85. The van der Waals surface area contributed by atoms with Crippen LogP contribution in [-0.2, 0) is 0 Å². The second-order valence-corrected chi connectivity index (χ2v) is 5.58. The van der Waals surface area contributed by atoms with E-state index in [1.54, 1.807) is 0 Å². The molecule has 1 fully saturated rings. The molecule has 2 aliphatic rings. The number of hydrogen-bond acceptors (Lipinski definition) is 2. The van der Waals surface area contributed by atoms with Crippen LogP contribution in [0.4, 0.5) is 0 Å². The van der Waals surface area contributed by atoms with Gasteiger partial charge in [0.1, 0.15) is 4.99 Å². The molecule has 1 amide bonds. The average molecular weight is 266 g/mol. The van der Waals surface area contributed by atoms with Gasteiger partial charge in [-0.3, -0.25) is 4.79 Å². The Kier molecular flexibility index (Phi) is 2.68. The van der Waals surface area contributed by atoms with Crippen molar-refractivity contribution in [3.8, 4) is 0 Å². The molecule has 1 aromatic carbocycles. The Morgan fingerprint density at radius 2 is 2.18 bits per heavy atom. The Morgan fingerprint density at radius 3 is 2.88 bits per heavy atom. The van der Waals surface area contributed by atoms with Crippen molar-refractivity contribution in [2.45, 2.75) is 30.6 Å². The number of carbonyl (C=O) groups is 1. The molecule has 0 radical (unpaired) electrons. The standard InChI is InChI=1S/C13H12ClNOS/c14-10-6-2-3-7(10)8-4-1-5-9-11(8)12(16)15-13(9)17/h1,4-5,7,10H,2-3,6H2,(H,15,16,17). The van der Waals surface area contributed by atoms with Crippen molar-refractivity contribution in [1.82, 2.24) is 5.32 Å². The molecule has 0 spiro atoms. The summed E-state index contributed by atoms with van der Waals surface area (Å²) in [6.45, 7) is 0. The Balaban J connectivity index is 2.13. The Morgan fingerprint density at radius 1 is 1.35 bits per heavy atom. The fourth-order valence-corrected chi connectivity index (χ4v) is 3.50. The van der Waals surface area contributed by atoms with Gasteiger partial charge in [-0.05, 0) is 18.4 Å². The molecular formula is C13H12ClNOS. The number of hydrogen-bond donors (Lipinski definition) is 1. The summed E-state index contributed by atoms with van der Waals surface area (Å²) in [5.41, 5.74) is 2.67. The largest absolute Gasteiger partial charge is 0.312 e. The van der Waals surface area contributed by atoms with Crippen molar-refractivity contribution < 1.29 is 4.79 Å². The number of thiocarbonyl (C=S) groups is 1. The zero-order chi connectivity index (χ0) is 12.0. The van der Waals surface area contributed by atoms with Crippen LogP contribution in [0.25, 0.3) is 0 Å². The third kappa shape index (κ3) is 1.69. The third-order valence-electron chi connectivity index (χ3n) is 3.63. The Labute approximate surface area is 110 Å². The van der Waals surface area contributed by atoms with E-state index in [2.05, 4.69) is 5.32 Å². The van der Waals surface area contributed by atoms with E-state index in [1.807, 2.05) is 18.2 Å². The second-order valence-electron chi connectivity index (χ2n) is 4.61. The fraction of sp³-hybridized carbons (Fsp3) is 0.385. The SMILES string of the molecule is O=C1NC(=S)c2cccc(C3CCCC3Cl)c21. The highest BCUT2D eigenvalue weighted by atomic mass is 35.5. The van der Waals surface area contributed by atoms with Gasteiger partial charge in [0.15, 0.2) is 0 Å². The van der Waals surface area contributed by atoms with Gasteiger partial charge in [-0.1, -0.05) is 36.8 Å². The predicted molar refractivity (Wildman–Crippen MR) is 71.8 cm³/mol. The van der Waals surface area contributed by atoms with E-state index < -0.39 is 0 Å². The van der Waals surface area contributed by atoms with Gasteiger partial charge in [0.2, 0.25) is 0 Å². The quantitative estimate of drug-likeness (QED) is 0.625. The lowest BCUT2D eigenvalue weighted by Gasteiger charge is -2.16. The maximum atomic E-state index is 11.9. The first-order chi connectivity index (χ1) is 8.18. The van der Waals surface area contributed by atoms with Crippen LogP contribution in [0.15, 0.2) is 18.2 Å². The summed E-state index contributed by atoms with van der Waals surface area (Å²) in [7, 11) is 0. The summed E-state index contributed by atoms with van der Waals surface area (Å²) in [5, 5.41) is 2.85. The highest BCUT2D eigenvalue weighted by Crippen LogP contribution is 2.40. The van der Waals surface area contributed by atoms with E-state index >= 15 is 0 Å². The first kappa shape index (κ1) is 11.2. The van der Waals surface area contributed by atoms with E-state index in [0.29, 0.717) is 10.9 Å². The lowest BCUT2D eigenvalue weighted by molar-refractivity contribution is 0.0982. The van der Waals surface area contributed by atoms with Crippen molar-refractivity contribution in [3.05, 3.63) is 34.9 Å². The van der Waals surface area contributed by atoms with Gasteiger partial charge in [0, 0.05) is 16.9 Å². The minimum Gasteiger partial charge on any atom is -0.312 e. The first-order valence-electron chi connectivity index (χ1n) is 5.81. The second kappa shape index (κ2) is 4.07. The number of amides is 1. The molecule has 1 aliphatic carbocycles. The molecule has 17 heavy (non-hydrogen) atoms. The van der Waals surface area contributed by atoms with Crippen molar-refractivity contribution in [2.24, 2.45) is 0 Å². The molecular weight excluding hydrogens is 254 g/mol. The van der Waals surface area contributed by atoms with Gasteiger partial charge >= 0.3 is 0 Å². The topological polar surface area (TPSA) is 29.1 Å². The molecule has 0 saturated heterocycles. The molecule has 4 heteroatoms. The smallest absolute Gasteiger partial charge is 0.257 e. The monoisotopic (exact) mass is 265 g/mol. The van der Waals surface area contributed by atoms with Crippen molar-refractivity contribution >= 4 is 34.7 Å². The molecule has 2 atom stereocenters. The van der Waals surface area contributed by atoms with Crippen LogP contribution >= 0.6 is 23.8 Å². The number of carbonyl (C=O) groups excluding carboxylic acids is 1. The Bertz CT molecular complexity index is 514. The maximum Gasteiger partial charge on any atom is 0.257 e. The van der Waals surface area contributed by atoms with Gasteiger partial charge in [0.05, 0.1) is 5.56 Å². The van der Waals surface area contributed by atoms with Gasteiger partial charge in [0.25, 0.3) is 5.91 Å². The molecule has 1 saturated carbocycles. The van der Waals surface area contributed by atoms with Gasteiger partial charge in [-0.2, -0.15) is 0 Å². The van der Waals surface area contributed by atoms with Crippen molar-refractivity contribution in [3.63, 3.8) is 0 Å². The van der Waals surface area contributed by atoms with Crippen LogP contribution in [0.1, 0.15) is 46.7 Å². The van der Waals surface area contributed by atoms with Gasteiger partial charge in [-0.25, -0.2) is 0 Å². The van der Waals surface area contributed by atoms with Gasteiger partial charge < -0.3 is 5.32 Å². The van der Waals surface area contributed by atoms with Crippen LogP contribution in [0.5, 0.6) is 0 Å². The van der Waals surface area contributed by atoms with E-state index in [4.69, 9.17) is 23.8 Å². The number of fused-ring (bicyclic) bond motifs is 1. The molecule has 2 unspecified atom stereocenters. The lowest BCUT2D eigenvalue weighted by atomic mass is 9.91. The summed E-state index contributed by atoms with van der Waals surface area (Å²) in [6, 6.07) is 5.87.